The highest BCUT2D eigenvalue weighted by atomic mass is 32.2. The molecule has 1 aromatic heterocycles. The molecule has 1 aromatic rings. The summed E-state index contributed by atoms with van der Waals surface area (Å²) in [5.74, 6) is -1.47. The molecule has 0 spiro atoms. The summed E-state index contributed by atoms with van der Waals surface area (Å²) in [6.07, 6.45) is 2.31. The lowest BCUT2D eigenvalue weighted by molar-refractivity contribution is 0.0514. The molecule has 0 unspecified atom stereocenters. The Kier molecular flexibility index (Phi) is 5.44. The first-order valence-corrected chi connectivity index (χ1v) is 7.57. The molecule has 0 fully saturated rings. The summed E-state index contributed by atoms with van der Waals surface area (Å²) in [5.41, 5.74) is -0.108. The minimum Gasteiger partial charge on any atom is -0.461 e. The Balaban J connectivity index is 2.57. The van der Waals surface area contributed by atoms with Crippen molar-refractivity contribution in [3.63, 3.8) is 0 Å². The van der Waals surface area contributed by atoms with E-state index in [2.05, 4.69) is 19.7 Å². The van der Waals surface area contributed by atoms with Crippen molar-refractivity contribution in [3.05, 3.63) is 29.0 Å². The quantitative estimate of drug-likeness (QED) is 0.743. The number of hydrogen-bond donors (Lipinski definition) is 1. The fraction of sp³-hybridized carbons (Fsp3) is 0.364. The van der Waals surface area contributed by atoms with E-state index < -0.39 is 21.7 Å². The van der Waals surface area contributed by atoms with E-state index in [-0.39, 0.29) is 24.6 Å². The summed E-state index contributed by atoms with van der Waals surface area (Å²) in [6.45, 7) is 1.82. The first-order valence-electron chi connectivity index (χ1n) is 5.62. The van der Waals surface area contributed by atoms with Crippen molar-refractivity contribution in [1.82, 2.24) is 10.5 Å². The number of amides is 1. The van der Waals surface area contributed by atoms with Crippen LogP contribution in [0.1, 0.15) is 28.0 Å². The van der Waals surface area contributed by atoms with Crippen molar-refractivity contribution in [2.45, 2.75) is 6.92 Å². The molecule has 1 N–H and O–H groups in total. The average molecular weight is 302 g/mol. The van der Waals surface area contributed by atoms with E-state index in [1.165, 1.54) is 6.08 Å². The summed E-state index contributed by atoms with van der Waals surface area (Å²) in [6, 6.07) is 1.15. The lowest BCUT2D eigenvalue weighted by Gasteiger charge is -1.96. The molecule has 0 atom stereocenters. The third-order valence-electron chi connectivity index (χ3n) is 1.94. The van der Waals surface area contributed by atoms with Crippen LogP contribution in [0.25, 0.3) is 0 Å². The van der Waals surface area contributed by atoms with E-state index in [0.717, 1.165) is 17.7 Å². The molecular weight excluding hydrogens is 288 g/mol. The summed E-state index contributed by atoms with van der Waals surface area (Å²) >= 11 is 0. The normalized spacial score (nSPS) is 11.5. The minimum atomic E-state index is -3.23. The number of aromatic nitrogens is 1. The van der Waals surface area contributed by atoms with Gasteiger partial charge >= 0.3 is 5.97 Å². The van der Waals surface area contributed by atoms with Crippen molar-refractivity contribution in [1.29, 1.82) is 0 Å². The number of sulfone groups is 1. The van der Waals surface area contributed by atoms with Gasteiger partial charge in [0.05, 0.1) is 6.61 Å². The summed E-state index contributed by atoms with van der Waals surface area (Å²) in [7, 11) is -3.23. The Bertz CT molecular complexity index is 617. The predicted molar refractivity (Wildman–Crippen MR) is 68.8 cm³/mol. The SMILES string of the molecule is CCOC(=O)c1cc(C(=O)NC/C=C/S(C)(=O)=O)on1. The lowest BCUT2D eigenvalue weighted by Crippen LogP contribution is -2.22. The van der Waals surface area contributed by atoms with Crippen molar-refractivity contribution in [3.8, 4) is 0 Å². The number of ether oxygens (including phenoxy) is 1. The van der Waals surface area contributed by atoms with Gasteiger partial charge in [0.2, 0.25) is 5.76 Å². The summed E-state index contributed by atoms with van der Waals surface area (Å²) in [5, 5.41) is 6.75. The Labute approximate surface area is 115 Å². The Morgan fingerprint density at radius 3 is 2.80 bits per heavy atom. The molecule has 0 bridgehead atoms. The molecule has 0 aliphatic heterocycles. The van der Waals surface area contributed by atoms with Gasteiger partial charge < -0.3 is 14.6 Å². The Morgan fingerprint density at radius 2 is 2.20 bits per heavy atom. The number of hydrogen-bond acceptors (Lipinski definition) is 7. The first-order chi connectivity index (χ1) is 9.33. The number of carbonyl (C=O) groups excluding carboxylic acids is 2. The maximum Gasteiger partial charge on any atom is 0.360 e. The van der Waals surface area contributed by atoms with Gasteiger partial charge in [-0.3, -0.25) is 4.79 Å². The van der Waals surface area contributed by atoms with Gasteiger partial charge in [-0.25, -0.2) is 13.2 Å². The highest BCUT2D eigenvalue weighted by molar-refractivity contribution is 7.93. The van der Waals surface area contributed by atoms with Gasteiger partial charge in [0.25, 0.3) is 5.91 Å². The van der Waals surface area contributed by atoms with Crippen LogP contribution >= 0.6 is 0 Å². The van der Waals surface area contributed by atoms with Crippen LogP contribution in [0.15, 0.2) is 22.1 Å². The molecule has 0 saturated carbocycles. The predicted octanol–water partition coefficient (Wildman–Crippen LogP) is 0.139. The van der Waals surface area contributed by atoms with Crippen LogP contribution in [0.3, 0.4) is 0 Å². The zero-order valence-corrected chi connectivity index (χ0v) is 11.8. The molecule has 9 heteroatoms. The molecule has 0 aliphatic carbocycles. The van der Waals surface area contributed by atoms with E-state index in [0.29, 0.717) is 0 Å². The summed E-state index contributed by atoms with van der Waals surface area (Å²) in [4.78, 5) is 22.9. The largest absolute Gasteiger partial charge is 0.461 e. The fourth-order valence-electron chi connectivity index (χ4n) is 1.15. The molecule has 8 nitrogen and oxygen atoms in total. The molecule has 0 aliphatic rings. The minimum absolute atomic E-state index is 0.00133. The topological polar surface area (TPSA) is 116 Å². The number of nitrogens with one attached hydrogen (secondary N) is 1. The van der Waals surface area contributed by atoms with Crippen molar-refractivity contribution in [2.24, 2.45) is 0 Å². The van der Waals surface area contributed by atoms with E-state index in [9.17, 15) is 18.0 Å². The van der Waals surface area contributed by atoms with Gasteiger partial charge in [0.1, 0.15) is 0 Å². The monoisotopic (exact) mass is 302 g/mol. The van der Waals surface area contributed by atoms with Crippen molar-refractivity contribution < 1.29 is 27.3 Å². The maximum absolute atomic E-state index is 11.6. The fourth-order valence-corrected chi connectivity index (χ4v) is 1.59. The van der Waals surface area contributed by atoms with Gasteiger partial charge in [-0.1, -0.05) is 11.2 Å². The molecule has 0 saturated heterocycles. The van der Waals surface area contributed by atoms with Gasteiger partial charge in [-0.05, 0) is 6.92 Å². The Hall–Kier alpha value is -2.16. The van der Waals surface area contributed by atoms with Gasteiger partial charge in [-0.15, -0.1) is 0 Å². The molecule has 1 rings (SSSR count). The Morgan fingerprint density at radius 1 is 1.50 bits per heavy atom. The standard InChI is InChI=1S/C11H14N2O6S/c1-3-18-11(15)8-7-9(19-13-8)10(14)12-5-4-6-20(2,16)17/h4,6-7H,3,5H2,1-2H3,(H,12,14)/b6-4+. The third kappa shape index (κ3) is 5.22. The number of esters is 1. The smallest absolute Gasteiger partial charge is 0.360 e. The van der Waals surface area contributed by atoms with Crippen molar-refractivity contribution in [2.75, 3.05) is 19.4 Å². The zero-order chi connectivity index (χ0) is 15.2. The highest BCUT2D eigenvalue weighted by Crippen LogP contribution is 2.05. The average Bonchev–Trinajstić information content (AvgIpc) is 2.83. The first kappa shape index (κ1) is 15.9. The molecule has 1 amide bonds. The second-order valence-corrected chi connectivity index (χ2v) is 5.64. The van der Waals surface area contributed by atoms with Gasteiger partial charge in [-0.2, -0.15) is 0 Å². The van der Waals surface area contributed by atoms with Crippen LogP contribution in [-0.2, 0) is 14.6 Å². The zero-order valence-electron chi connectivity index (χ0n) is 11.0. The van der Waals surface area contributed by atoms with Gasteiger partial charge in [0, 0.05) is 24.3 Å². The molecule has 1 heterocycles. The van der Waals surface area contributed by atoms with Crippen LogP contribution in [0.2, 0.25) is 0 Å². The van der Waals surface area contributed by atoms with Crippen LogP contribution < -0.4 is 5.32 Å². The number of carbonyl (C=O) groups is 2. The second kappa shape index (κ2) is 6.85. The third-order valence-corrected chi connectivity index (χ3v) is 2.63. The molecular formula is C11H14N2O6S. The molecule has 110 valence electrons. The molecule has 0 radical (unpaired) electrons. The molecule has 20 heavy (non-hydrogen) atoms. The number of rotatable bonds is 6. The van der Waals surface area contributed by atoms with E-state index in [1.54, 1.807) is 6.92 Å². The van der Waals surface area contributed by atoms with Crippen molar-refractivity contribution >= 4 is 21.7 Å². The van der Waals surface area contributed by atoms with Gasteiger partial charge in [0.15, 0.2) is 15.5 Å². The number of nitrogens with zero attached hydrogens (tertiary/aromatic N) is 1. The summed E-state index contributed by atoms with van der Waals surface area (Å²) < 4.78 is 31.0. The van der Waals surface area contributed by atoms with Crippen LogP contribution in [0.5, 0.6) is 0 Å². The second-order valence-electron chi connectivity index (χ2n) is 3.71. The van der Waals surface area contributed by atoms with Crippen LogP contribution in [0, 0.1) is 0 Å². The van der Waals surface area contributed by atoms with E-state index >= 15 is 0 Å². The van der Waals surface area contributed by atoms with E-state index in [4.69, 9.17) is 0 Å². The molecule has 0 aromatic carbocycles. The maximum atomic E-state index is 11.6. The highest BCUT2D eigenvalue weighted by Gasteiger charge is 2.17. The lowest BCUT2D eigenvalue weighted by atomic mass is 10.3. The van der Waals surface area contributed by atoms with E-state index in [1.807, 2.05) is 0 Å². The van der Waals surface area contributed by atoms with Crippen LogP contribution in [-0.4, -0.2) is 44.9 Å². The van der Waals surface area contributed by atoms with Crippen LogP contribution in [0.4, 0.5) is 0 Å².